The molecule has 1 fully saturated rings. The van der Waals surface area contributed by atoms with Crippen LogP contribution in [0.1, 0.15) is 23.2 Å². The fraction of sp³-hybridized carbons (Fsp3) is 0.200. The van der Waals surface area contributed by atoms with Gasteiger partial charge in [0.15, 0.2) is 0 Å². The van der Waals surface area contributed by atoms with Gasteiger partial charge < -0.3 is 10.2 Å². The molecule has 132 valence electrons. The van der Waals surface area contributed by atoms with Crippen LogP contribution in [-0.2, 0) is 0 Å². The van der Waals surface area contributed by atoms with Gasteiger partial charge in [-0.25, -0.2) is 4.68 Å². The van der Waals surface area contributed by atoms with Crippen molar-refractivity contribution in [2.75, 3.05) is 23.3 Å². The third-order valence-electron chi connectivity index (χ3n) is 4.53. The molecule has 0 radical (unpaired) electrons. The lowest BCUT2D eigenvalue weighted by atomic mass is 10.2. The van der Waals surface area contributed by atoms with Gasteiger partial charge in [0.05, 0.1) is 17.4 Å². The minimum Gasteiger partial charge on any atom is -0.371 e. The van der Waals surface area contributed by atoms with Gasteiger partial charge in [-0.3, -0.25) is 4.79 Å². The van der Waals surface area contributed by atoms with Crippen LogP contribution in [0.3, 0.4) is 0 Å². The third-order valence-corrected chi connectivity index (χ3v) is 5.29. The first-order valence-corrected chi connectivity index (χ1v) is 9.47. The molecule has 2 aromatic carbocycles. The number of amides is 1. The van der Waals surface area contributed by atoms with E-state index in [4.69, 9.17) is 0 Å². The van der Waals surface area contributed by atoms with E-state index in [1.807, 2.05) is 48.5 Å². The molecule has 1 aromatic heterocycles. The SMILES string of the molecule is O=C(Nc1cccc(N2CCCC2)c1)c1cnn(-c2ccccc2)c1Br. The zero-order chi connectivity index (χ0) is 17.9. The van der Waals surface area contributed by atoms with Crippen molar-refractivity contribution in [2.24, 2.45) is 0 Å². The predicted molar refractivity (Wildman–Crippen MR) is 107 cm³/mol. The molecule has 2 heterocycles. The van der Waals surface area contributed by atoms with E-state index in [0.717, 1.165) is 30.2 Å². The highest BCUT2D eigenvalue weighted by Crippen LogP contribution is 2.25. The fourth-order valence-corrected chi connectivity index (χ4v) is 3.77. The summed E-state index contributed by atoms with van der Waals surface area (Å²) in [5.74, 6) is -0.183. The summed E-state index contributed by atoms with van der Waals surface area (Å²) in [5, 5.41) is 7.31. The van der Waals surface area contributed by atoms with Crippen molar-refractivity contribution in [1.82, 2.24) is 9.78 Å². The molecule has 3 aromatic rings. The first-order chi connectivity index (χ1) is 12.7. The zero-order valence-corrected chi connectivity index (χ0v) is 15.8. The second-order valence-electron chi connectivity index (χ2n) is 6.30. The molecular formula is C20H19BrN4O. The molecule has 1 aliphatic rings. The first-order valence-electron chi connectivity index (χ1n) is 8.68. The lowest BCUT2D eigenvalue weighted by Crippen LogP contribution is -2.18. The van der Waals surface area contributed by atoms with Crippen LogP contribution in [0.15, 0.2) is 65.4 Å². The molecule has 0 spiro atoms. The smallest absolute Gasteiger partial charge is 0.260 e. The predicted octanol–water partition coefficient (Wildman–Crippen LogP) is 4.49. The van der Waals surface area contributed by atoms with Gasteiger partial charge in [-0.2, -0.15) is 5.10 Å². The molecule has 0 unspecified atom stereocenters. The lowest BCUT2D eigenvalue weighted by Gasteiger charge is -2.18. The normalized spacial score (nSPS) is 13.8. The molecule has 0 aliphatic carbocycles. The van der Waals surface area contributed by atoms with Gasteiger partial charge in [-0.05, 0) is 59.1 Å². The van der Waals surface area contributed by atoms with E-state index < -0.39 is 0 Å². The Morgan fingerprint density at radius 1 is 1.00 bits per heavy atom. The van der Waals surface area contributed by atoms with Gasteiger partial charge in [-0.1, -0.05) is 24.3 Å². The number of benzene rings is 2. The van der Waals surface area contributed by atoms with E-state index in [1.54, 1.807) is 10.9 Å². The monoisotopic (exact) mass is 410 g/mol. The van der Waals surface area contributed by atoms with Crippen LogP contribution in [0.2, 0.25) is 0 Å². The molecule has 6 heteroatoms. The summed E-state index contributed by atoms with van der Waals surface area (Å²) in [5.41, 5.74) is 3.34. The Hall–Kier alpha value is -2.60. The Bertz CT molecular complexity index is 917. The second-order valence-corrected chi connectivity index (χ2v) is 7.05. The number of carbonyl (C=O) groups is 1. The zero-order valence-electron chi connectivity index (χ0n) is 14.2. The maximum atomic E-state index is 12.7. The lowest BCUT2D eigenvalue weighted by molar-refractivity contribution is 0.102. The number of rotatable bonds is 4. The fourth-order valence-electron chi connectivity index (χ4n) is 3.19. The Morgan fingerprint density at radius 2 is 1.73 bits per heavy atom. The van der Waals surface area contributed by atoms with E-state index in [2.05, 4.69) is 37.3 Å². The Kier molecular flexibility index (Phi) is 4.75. The second kappa shape index (κ2) is 7.33. The van der Waals surface area contributed by atoms with Crippen LogP contribution in [0.4, 0.5) is 11.4 Å². The number of nitrogens with one attached hydrogen (secondary N) is 1. The summed E-state index contributed by atoms with van der Waals surface area (Å²) in [7, 11) is 0. The van der Waals surface area contributed by atoms with Crippen molar-refractivity contribution in [3.05, 3.63) is 71.0 Å². The maximum absolute atomic E-state index is 12.7. The minimum absolute atomic E-state index is 0.183. The van der Waals surface area contributed by atoms with Crippen LogP contribution >= 0.6 is 15.9 Å². The molecule has 1 amide bonds. The summed E-state index contributed by atoms with van der Waals surface area (Å²) in [6.07, 6.45) is 4.03. The molecule has 0 atom stereocenters. The topological polar surface area (TPSA) is 50.2 Å². The van der Waals surface area contributed by atoms with E-state index >= 15 is 0 Å². The standard InChI is InChI=1S/C20H19BrN4O/c21-19-18(14-22-25(19)16-8-2-1-3-9-16)20(26)23-15-7-6-10-17(13-15)24-11-4-5-12-24/h1-3,6-10,13-14H,4-5,11-12H2,(H,23,26). The first kappa shape index (κ1) is 16.8. The molecule has 0 bridgehead atoms. The van der Waals surface area contributed by atoms with Crippen LogP contribution in [0.25, 0.3) is 5.69 Å². The van der Waals surface area contributed by atoms with Crippen molar-refractivity contribution in [3.63, 3.8) is 0 Å². The number of carbonyl (C=O) groups excluding carboxylic acids is 1. The Morgan fingerprint density at radius 3 is 2.50 bits per heavy atom. The summed E-state index contributed by atoms with van der Waals surface area (Å²) < 4.78 is 2.34. The average Bonchev–Trinajstić information content (AvgIpc) is 3.32. The van der Waals surface area contributed by atoms with Gasteiger partial charge in [0, 0.05) is 24.5 Å². The van der Waals surface area contributed by atoms with Gasteiger partial charge in [0.1, 0.15) is 4.60 Å². The number of anilines is 2. The molecule has 5 nitrogen and oxygen atoms in total. The summed E-state index contributed by atoms with van der Waals surface area (Å²) in [6.45, 7) is 2.15. The van der Waals surface area contributed by atoms with Crippen LogP contribution < -0.4 is 10.2 Å². The highest BCUT2D eigenvalue weighted by molar-refractivity contribution is 9.10. The van der Waals surface area contributed by atoms with Crippen LogP contribution in [0, 0.1) is 0 Å². The molecule has 1 saturated heterocycles. The van der Waals surface area contributed by atoms with E-state index in [-0.39, 0.29) is 5.91 Å². The van der Waals surface area contributed by atoms with Crippen molar-refractivity contribution in [1.29, 1.82) is 0 Å². The number of para-hydroxylation sites is 1. The average molecular weight is 411 g/mol. The van der Waals surface area contributed by atoms with Crippen molar-refractivity contribution < 1.29 is 4.79 Å². The highest BCUT2D eigenvalue weighted by Gasteiger charge is 2.17. The van der Waals surface area contributed by atoms with Gasteiger partial charge in [0.25, 0.3) is 5.91 Å². The molecule has 1 aliphatic heterocycles. The summed E-state index contributed by atoms with van der Waals surface area (Å²) in [6, 6.07) is 17.7. The van der Waals surface area contributed by atoms with Crippen LogP contribution in [0.5, 0.6) is 0 Å². The molecular weight excluding hydrogens is 392 g/mol. The summed E-state index contributed by atoms with van der Waals surface area (Å²) >= 11 is 3.50. The Balaban J connectivity index is 1.54. The number of hydrogen-bond acceptors (Lipinski definition) is 3. The minimum atomic E-state index is -0.183. The molecule has 0 saturated carbocycles. The number of halogens is 1. The van der Waals surface area contributed by atoms with Crippen LogP contribution in [-0.4, -0.2) is 28.8 Å². The number of hydrogen-bond donors (Lipinski definition) is 1. The third kappa shape index (κ3) is 3.37. The van der Waals surface area contributed by atoms with E-state index in [0.29, 0.717) is 10.2 Å². The van der Waals surface area contributed by atoms with Gasteiger partial charge in [0.2, 0.25) is 0 Å². The molecule has 4 rings (SSSR count). The molecule has 1 N–H and O–H groups in total. The summed E-state index contributed by atoms with van der Waals surface area (Å²) in [4.78, 5) is 15.1. The van der Waals surface area contributed by atoms with Gasteiger partial charge >= 0.3 is 0 Å². The number of aromatic nitrogens is 2. The Labute approximate surface area is 160 Å². The molecule has 26 heavy (non-hydrogen) atoms. The maximum Gasteiger partial charge on any atom is 0.260 e. The van der Waals surface area contributed by atoms with E-state index in [9.17, 15) is 4.79 Å². The quantitative estimate of drug-likeness (QED) is 0.689. The highest BCUT2D eigenvalue weighted by atomic mass is 79.9. The van der Waals surface area contributed by atoms with Crippen molar-refractivity contribution in [2.45, 2.75) is 12.8 Å². The largest absolute Gasteiger partial charge is 0.371 e. The van der Waals surface area contributed by atoms with Crippen molar-refractivity contribution >= 4 is 33.2 Å². The van der Waals surface area contributed by atoms with Gasteiger partial charge in [-0.15, -0.1) is 0 Å². The number of nitrogens with zero attached hydrogens (tertiary/aromatic N) is 3. The van der Waals surface area contributed by atoms with E-state index in [1.165, 1.54) is 12.8 Å². The van der Waals surface area contributed by atoms with Crippen molar-refractivity contribution in [3.8, 4) is 5.69 Å².